The van der Waals surface area contributed by atoms with Crippen LogP contribution in [0.4, 0.5) is 0 Å². The van der Waals surface area contributed by atoms with Crippen molar-refractivity contribution in [1.29, 1.82) is 0 Å². The molecule has 0 saturated carbocycles. The Morgan fingerprint density at radius 2 is 1.67 bits per heavy atom. The van der Waals surface area contributed by atoms with Crippen molar-refractivity contribution in [2.45, 2.75) is 26.6 Å². The van der Waals surface area contributed by atoms with E-state index in [1.807, 2.05) is 6.07 Å². The lowest BCUT2D eigenvalue weighted by Gasteiger charge is -2.17. The van der Waals surface area contributed by atoms with Crippen LogP contribution in [0.25, 0.3) is 11.0 Å². The Labute approximate surface area is 125 Å². The number of imidazole rings is 1. The van der Waals surface area contributed by atoms with Gasteiger partial charge in [-0.05, 0) is 31.7 Å². The van der Waals surface area contributed by atoms with Gasteiger partial charge < -0.3 is 4.57 Å². The summed E-state index contributed by atoms with van der Waals surface area (Å²) in [5.41, 5.74) is 3.64. The summed E-state index contributed by atoms with van der Waals surface area (Å²) in [7, 11) is 2.15. The molecule has 0 saturated heterocycles. The molecule has 0 spiro atoms. The Hall–Kier alpha value is -2.13. The molecular weight excluding hydrogens is 258 g/mol. The van der Waals surface area contributed by atoms with Gasteiger partial charge in [0.2, 0.25) is 0 Å². The molecule has 1 heterocycles. The molecule has 1 aromatic heterocycles. The molecule has 21 heavy (non-hydrogen) atoms. The topological polar surface area (TPSA) is 21.1 Å². The fraction of sp³-hybridized carbons (Fsp3) is 0.278. The highest BCUT2D eigenvalue weighted by molar-refractivity contribution is 5.75. The fourth-order valence-electron chi connectivity index (χ4n) is 2.79. The smallest absolute Gasteiger partial charge is 0.124 e. The zero-order valence-electron chi connectivity index (χ0n) is 12.7. The molecule has 0 amide bonds. The molecule has 3 rings (SSSR count). The van der Waals surface area contributed by atoms with Gasteiger partial charge in [0.05, 0.1) is 17.6 Å². The minimum Gasteiger partial charge on any atom is -0.327 e. The van der Waals surface area contributed by atoms with Crippen molar-refractivity contribution < 1.29 is 0 Å². The van der Waals surface area contributed by atoms with E-state index in [1.54, 1.807) is 0 Å². The van der Waals surface area contributed by atoms with Crippen LogP contribution in [-0.4, -0.2) is 21.5 Å². The Balaban J connectivity index is 1.81. The van der Waals surface area contributed by atoms with Crippen molar-refractivity contribution in [2.75, 3.05) is 7.05 Å². The van der Waals surface area contributed by atoms with Gasteiger partial charge >= 0.3 is 0 Å². The Bertz CT molecular complexity index is 716. The monoisotopic (exact) mass is 279 g/mol. The van der Waals surface area contributed by atoms with E-state index < -0.39 is 0 Å². The molecule has 0 bridgehead atoms. The van der Waals surface area contributed by atoms with Crippen molar-refractivity contribution >= 4 is 11.0 Å². The first-order chi connectivity index (χ1) is 10.3. The summed E-state index contributed by atoms with van der Waals surface area (Å²) in [5.74, 6) is 1.14. The number of benzene rings is 2. The number of para-hydroxylation sites is 2. The molecular formula is C18H21N3. The highest BCUT2D eigenvalue weighted by Crippen LogP contribution is 2.17. The van der Waals surface area contributed by atoms with Crippen LogP contribution in [0.3, 0.4) is 0 Å². The number of aromatic nitrogens is 2. The number of hydrogen-bond acceptors (Lipinski definition) is 2. The summed E-state index contributed by atoms with van der Waals surface area (Å²) >= 11 is 0. The Kier molecular flexibility index (Phi) is 4.02. The summed E-state index contributed by atoms with van der Waals surface area (Å²) in [6.45, 7) is 4.93. The highest BCUT2D eigenvalue weighted by Gasteiger charge is 2.11. The predicted octanol–water partition coefficient (Wildman–Crippen LogP) is 3.69. The van der Waals surface area contributed by atoms with Gasteiger partial charge in [0.1, 0.15) is 5.82 Å². The molecule has 0 radical (unpaired) electrons. The minimum atomic E-state index is 0.859. The lowest BCUT2D eigenvalue weighted by atomic mass is 10.2. The van der Waals surface area contributed by atoms with Crippen molar-refractivity contribution in [3.8, 4) is 0 Å². The molecule has 0 aliphatic heterocycles. The largest absolute Gasteiger partial charge is 0.327 e. The first kappa shape index (κ1) is 13.8. The van der Waals surface area contributed by atoms with Gasteiger partial charge in [-0.3, -0.25) is 4.90 Å². The summed E-state index contributed by atoms with van der Waals surface area (Å²) in [6, 6.07) is 18.9. The van der Waals surface area contributed by atoms with E-state index in [9.17, 15) is 0 Å². The number of hydrogen-bond donors (Lipinski definition) is 0. The molecule has 3 heteroatoms. The van der Waals surface area contributed by atoms with E-state index in [0.29, 0.717) is 0 Å². The third-order valence-electron chi connectivity index (χ3n) is 3.76. The van der Waals surface area contributed by atoms with Crippen LogP contribution in [0.15, 0.2) is 54.6 Å². The molecule has 0 unspecified atom stereocenters. The molecule has 108 valence electrons. The zero-order chi connectivity index (χ0) is 14.7. The predicted molar refractivity (Wildman–Crippen MR) is 87.0 cm³/mol. The molecule has 0 atom stereocenters. The molecule has 3 aromatic rings. The molecule has 0 N–H and O–H groups in total. The van der Waals surface area contributed by atoms with E-state index in [4.69, 9.17) is 4.98 Å². The van der Waals surface area contributed by atoms with E-state index in [2.05, 4.69) is 72.0 Å². The van der Waals surface area contributed by atoms with Crippen molar-refractivity contribution in [1.82, 2.24) is 14.5 Å². The van der Waals surface area contributed by atoms with Gasteiger partial charge in [0.15, 0.2) is 0 Å². The zero-order valence-corrected chi connectivity index (χ0v) is 12.7. The van der Waals surface area contributed by atoms with E-state index in [1.165, 1.54) is 11.1 Å². The number of nitrogens with zero attached hydrogens (tertiary/aromatic N) is 3. The standard InChI is InChI=1S/C18H21N3/c1-3-21-17-12-8-7-11-16(17)19-18(21)14-20(2)13-15-9-5-4-6-10-15/h4-12H,3,13-14H2,1-2H3. The van der Waals surface area contributed by atoms with Gasteiger partial charge in [0.25, 0.3) is 0 Å². The van der Waals surface area contributed by atoms with Gasteiger partial charge in [-0.15, -0.1) is 0 Å². The summed E-state index contributed by atoms with van der Waals surface area (Å²) in [5, 5.41) is 0. The van der Waals surface area contributed by atoms with Crippen LogP contribution in [0.5, 0.6) is 0 Å². The molecule has 3 nitrogen and oxygen atoms in total. The lowest BCUT2D eigenvalue weighted by Crippen LogP contribution is -2.20. The van der Waals surface area contributed by atoms with Crippen LogP contribution in [0.1, 0.15) is 18.3 Å². The van der Waals surface area contributed by atoms with Crippen molar-refractivity contribution in [3.63, 3.8) is 0 Å². The van der Waals surface area contributed by atoms with E-state index in [-0.39, 0.29) is 0 Å². The first-order valence-electron chi connectivity index (χ1n) is 7.44. The number of fused-ring (bicyclic) bond motifs is 1. The van der Waals surface area contributed by atoms with Crippen LogP contribution in [0, 0.1) is 0 Å². The van der Waals surface area contributed by atoms with Gasteiger partial charge in [-0.25, -0.2) is 4.98 Å². The second-order valence-electron chi connectivity index (χ2n) is 5.42. The SMILES string of the molecule is CCn1c(CN(C)Cc2ccccc2)nc2ccccc21. The summed E-state index contributed by atoms with van der Waals surface area (Å²) in [4.78, 5) is 7.09. The van der Waals surface area contributed by atoms with Crippen LogP contribution in [-0.2, 0) is 19.6 Å². The molecule has 0 aliphatic carbocycles. The summed E-state index contributed by atoms with van der Waals surface area (Å²) in [6.07, 6.45) is 0. The normalized spacial score (nSPS) is 11.4. The minimum absolute atomic E-state index is 0.859. The Morgan fingerprint density at radius 3 is 2.43 bits per heavy atom. The summed E-state index contributed by atoms with van der Waals surface area (Å²) < 4.78 is 2.30. The third-order valence-corrected chi connectivity index (χ3v) is 3.76. The number of rotatable bonds is 5. The van der Waals surface area contributed by atoms with Gasteiger partial charge in [-0.1, -0.05) is 42.5 Å². The van der Waals surface area contributed by atoms with Crippen LogP contribution in [0.2, 0.25) is 0 Å². The third kappa shape index (κ3) is 2.98. The quantitative estimate of drug-likeness (QED) is 0.710. The van der Waals surface area contributed by atoms with Gasteiger partial charge in [0, 0.05) is 13.1 Å². The molecule has 2 aromatic carbocycles. The molecule has 0 aliphatic rings. The van der Waals surface area contributed by atoms with Crippen molar-refractivity contribution in [2.24, 2.45) is 0 Å². The fourth-order valence-corrected chi connectivity index (χ4v) is 2.79. The van der Waals surface area contributed by atoms with Gasteiger partial charge in [-0.2, -0.15) is 0 Å². The first-order valence-corrected chi connectivity index (χ1v) is 7.44. The van der Waals surface area contributed by atoms with E-state index in [0.717, 1.165) is 31.0 Å². The lowest BCUT2D eigenvalue weighted by molar-refractivity contribution is 0.306. The second kappa shape index (κ2) is 6.10. The average molecular weight is 279 g/mol. The maximum atomic E-state index is 4.79. The second-order valence-corrected chi connectivity index (χ2v) is 5.42. The maximum Gasteiger partial charge on any atom is 0.124 e. The average Bonchev–Trinajstić information content (AvgIpc) is 2.85. The molecule has 0 fully saturated rings. The Morgan fingerprint density at radius 1 is 0.952 bits per heavy atom. The van der Waals surface area contributed by atoms with Crippen molar-refractivity contribution in [3.05, 3.63) is 66.0 Å². The van der Waals surface area contributed by atoms with Crippen LogP contribution < -0.4 is 0 Å². The number of aryl methyl sites for hydroxylation is 1. The maximum absolute atomic E-state index is 4.79. The van der Waals surface area contributed by atoms with E-state index >= 15 is 0 Å². The van der Waals surface area contributed by atoms with Crippen LogP contribution >= 0.6 is 0 Å². The highest BCUT2D eigenvalue weighted by atomic mass is 15.2.